The summed E-state index contributed by atoms with van der Waals surface area (Å²) in [5, 5.41) is 11.8. The lowest BCUT2D eigenvalue weighted by Gasteiger charge is -2.45. The second-order valence-corrected chi connectivity index (χ2v) is 6.09. The highest BCUT2D eigenvalue weighted by atomic mass is 16.4. The Hall–Kier alpha value is -1.79. The number of rotatable bonds is 4. The van der Waals surface area contributed by atoms with Crippen LogP contribution in [0.4, 0.5) is 4.79 Å². The van der Waals surface area contributed by atoms with Gasteiger partial charge in [0.25, 0.3) is 0 Å². The van der Waals surface area contributed by atoms with Gasteiger partial charge in [0.2, 0.25) is 5.91 Å². The monoisotopic (exact) mass is 299 g/mol. The van der Waals surface area contributed by atoms with E-state index in [2.05, 4.69) is 5.32 Å². The van der Waals surface area contributed by atoms with Crippen LogP contribution in [0.25, 0.3) is 0 Å². The van der Waals surface area contributed by atoms with Gasteiger partial charge in [0, 0.05) is 20.1 Å². The van der Waals surface area contributed by atoms with E-state index < -0.39 is 23.6 Å². The van der Waals surface area contributed by atoms with E-state index in [1.54, 1.807) is 32.7 Å². The number of piperazine rings is 1. The lowest BCUT2D eigenvalue weighted by molar-refractivity contribution is -0.144. The minimum Gasteiger partial charge on any atom is -0.480 e. The summed E-state index contributed by atoms with van der Waals surface area (Å²) in [6.45, 7) is 7.81. The van der Waals surface area contributed by atoms with Gasteiger partial charge >= 0.3 is 12.0 Å². The van der Waals surface area contributed by atoms with Crippen molar-refractivity contribution in [2.45, 2.75) is 45.7 Å². The Kier molecular flexibility index (Phi) is 5.20. The van der Waals surface area contributed by atoms with Crippen LogP contribution >= 0.6 is 0 Å². The first kappa shape index (κ1) is 17.3. The summed E-state index contributed by atoms with van der Waals surface area (Å²) < 4.78 is 0. The molecule has 2 N–H and O–H groups in total. The summed E-state index contributed by atoms with van der Waals surface area (Å²) in [4.78, 5) is 38.8. The van der Waals surface area contributed by atoms with Gasteiger partial charge in [-0.2, -0.15) is 0 Å². The molecule has 1 heterocycles. The van der Waals surface area contributed by atoms with Crippen molar-refractivity contribution in [2.24, 2.45) is 5.92 Å². The number of likely N-dealkylation sites (N-methyl/N-ethyl adjacent to an activating group) is 1. The molecule has 1 saturated heterocycles. The Labute approximate surface area is 125 Å². The SMILES string of the molecule is CCC(C)C(NC(=O)N1CCN(C)C(=O)C1(C)C)C(=O)O. The number of aliphatic carboxylic acids is 1. The summed E-state index contributed by atoms with van der Waals surface area (Å²) in [5.41, 5.74) is -0.977. The number of nitrogens with one attached hydrogen (secondary N) is 1. The van der Waals surface area contributed by atoms with E-state index in [-0.39, 0.29) is 11.8 Å². The third-order valence-corrected chi connectivity index (χ3v) is 4.21. The molecule has 0 aliphatic carbocycles. The average molecular weight is 299 g/mol. The molecule has 0 saturated carbocycles. The van der Waals surface area contributed by atoms with Crippen molar-refractivity contribution >= 4 is 17.9 Å². The second kappa shape index (κ2) is 6.32. The normalized spacial score (nSPS) is 20.9. The van der Waals surface area contributed by atoms with Gasteiger partial charge in [0.1, 0.15) is 11.6 Å². The van der Waals surface area contributed by atoms with Crippen LogP contribution in [0.3, 0.4) is 0 Å². The van der Waals surface area contributed by atoms with Crippen LogP contribution in [0, 0.1) is 5.92 Å². The number of carbonyl (C=O) groups excluding carboxylic acids is 2. The quantitative estimate of drug-likeness (QED) is 0.801. The van der Waals surface area contributed by atoms with Crippen molar-refractivity contribution in [3.05, 3.63) is 0 Å². The molecule has 1 aliphatic heterocycles. The van der Waals surface area contributed by atoms with Gasteiger partial charge in [-0.15, -0.1) is 0 Å². The summed E-state index contributed by atoms with van der Waals surface area (Å²) in [6, 6.07) is -1.46. The Morgan fingerprint density at radius 1 is 1.38 bits per heavy atom. The zero-order valence-corrected chi connectivity index (χ0v) is 13.3. The first-order chi connectivity index (χ1) is 9.62. The van der Waals surface area contributed by atoms with Gasteiger partial charge in [-0.05, 0) is 19.8 Å². The maximum Gasteiger partial charge on any atom is 0.326 e. The van der Waals surface area contributed by atoms with Crippen molar-refractivity contribution in [1.29, 1.82) is 0 Å². The van der Waals surface area contributed by atoms with Gasteiger partial charge in [0.05, 0.1) is 0 Å². The summed E-state index contributed by atoms with van der Waals surface area (Å²) in [7, 11) is 1.69. The van der Waals surface area contributed by atoms with Crippen molar-refractivity contribution in [2.75, 3.05) is 20.1 Å². The highest BCUT2D eigenvalue weighted by Gasteiger charge is 2.44. The topological polar surface area (TPSA) is 90.0 Å². The van der Waals surface area contributed by atoms with Crippen LogP contribution in [0.2, 0.25) is 0 Å². The fourth-order valence-electron chi connectivity index (χ4n) is 2.46. The largest absolute Gasteiger partial charge is 0.480 e. The maximum absolute atomic E-state index is 12.4. The molecule has 0 aromatic carbocycles. The molecule has 2 atom stereocenters. The van der Waals surface area contributed by atoms with E-state index in [1.807, 2.05) is 6.92 Å². The Morgan fingerprint density at radius 2 is 1.95 bits per heavy atom. The fraction of sp³-hybridized carbons (Fsp3) is 0.786. The predicted octanol–water partition coefficient (Wildman–Crippen LogP) is 0.748. The Bertz CT molecular complexity index is 436. The van der Waals surface area contributed by atoms with Crippen LogP contribution in [0.5, 0.6) is 0 Å². The fourth-order valence-corrected chi connectivity index (χ4v) is 2.46. The standard InChI is InChI=1S/C14H25N3O4/c1-6-9(2)10(11(18)19)15-13(21)17-8-7-16(5)12(20)14(17,3)4/h9-10H,6-8H2,1-5H3,(H,15,21)(H,18,19). The molecule has 2 unspecified atom stereocenters. The third kappa shape index (κ3) is 3.46. The van der Waals surface area contributed by atoms with Crippen molar-refractivity contribution < 1.29 is 19.5 Å². The molecule has 0 radical (unpaired) electrons. The molecule has 21 heavy (non-hydrogen) atoms. The summed E-state index contributed by atoms with van der Waals surface area (Å²) >= 11 is 0. The lowest BCUT2D eigenvalue weighted by atomic mass is 9.97. The van der Waals surface area contributed by atoms with Crippen LogP contribution < -0.4 is 5.32 Å². The molecular weight excluding hydrogens is 274 g/mol. The van der Waals surface area contributed by atoms with Gasteiger partial charge < -0.3 is 20.2 Å². The van der Waals surface area contributed by atoms with Crippen LogP contribution in [0.1, 0.15) is 34.1 Å². The first-order valence-corrected chi connectivity index (χ1v) is 7.19. The number of carboxylic acids is 1. The zero-order chi connectivity index (χ0) is 16.4. The number of nitrogens with zero attached hydrogens (tertiary/aromatic N) is 2. The maximum atomic E-state index is 12.4. The molecule has 0 aromatic heterocycles. The second-order valence-electron chi connectivity index (χ2n) is 6.09. The van der Waals surface area contributed by atoms with Gasteiger partial charge in [-0.1, -0.05) is 20.3 Å². The van der Waals surface area contributed by atoms with Crippen molar-refractivity contribution in [1.82, 2.24) is 15.1 Å². The van der Waals surface area contributed by atoms with E-state index in [4.69, 9.17) is 0 Å². The lowest BCUT2D eigenvalue weighted by Crippen LogP contribution is -2.66. The Morgan fingerprint density at radius 3 is 2.43 bits per heavy atom. The van der Waals surface area contributed by atoms with Crippen molar-refractivity contribution in [3.8, 4) is 0 Å². The Balaban J connectivity index is 2.87. The third-order valence-electron chi connectivity index (χ3n) is 4.21. The van der Waals surface area contributed by atoms with Gasteiger partial charge in [0.15, 0.2) is 0 Å². The average Bonchev–Trinajstić information content (AvgIpc) is 2.40. The molecule has 0 bridgehead atoms. The van der Waals surface area contributed by atoms with Crippen molar-refractivity contribution in [3.63, 3.8) is 0 Å². The molecule has 3 amide bonds. The number of hydrogen-bond donors (Lipinski definition) is 2. The zero-order valence-electron chi connectivity index (χ0n) is 13.3. The van der Waals surface area contributed by atoms with Crippen LogP contribution in [-0.4, -0.2) is 64.5 Å². The number of urea groups is 1. The van der Waals surface area contributed by atoms with Crippen LogP contribution in [0.15, 0.2) is 0 Å². The minimum atomic E-state index is -1.06. The molecule has 120 valence electrons. The molecular formula is C14H25N3O4. The number of carboxylic acid groups (broad SMARTS) is 1. The van der Waals surface area contributed by atoms with E-state index in [0.717, 1.165) is 0 Å². The van der Waals surface area contributed by atoms with Gasteiger partial charge in [-0.25, -0.2) is 9.59 Å². The van der Waals surface area contributed by atoms with E-state index in [9.17, 15) is 19.5 Å². The molecule has 7 heteroatoms. The molecule has 1 fully saturated rings. The van der Waals surface area contributed by atoms with E-state index in [0.29, 0.717) is 19.5 Å². The highest BCUT2D eigenvalue weighted by Crippen LogP contribution is 2.22. The first-order valence-electron chi connectivity index (χ1n) is 7.19. The molecule has 7 nitrogen and oxygen atoms in total. The minimum absolute atomic E-state index is 0.153. The predicted molar refractivity (Wildman–Crippen MR) is 77.8 cm³/mol. The van der Waals surface area contributed by atoms with E-state index >= 15 is 0 Å². The molecule has 1 rings (SSSR count). The number of carbonyl (C=O) groups is 3. The van der Waals surface area contributed by atoms with Gasteiger partial charge in [-0.3, -0.25) is 4.79 Å². The van der Waals surface area contributed by atoms with Crippen LogP contribution in [-0.2, 0) is 9.59 Å². The molecule has 0 spiro atoms. The summed E-state index contributed by atoms with van der Waals surface area (Å²) in [6.07, 6.45) is 0.641. The highest BCUT2D eigenvalue weighted by molar-refractivity contribution is 5.92. The molecule has 1 aliphatic rings. The smallest absolute Gasteiger partial charge is 0.326 e. The summed E-state index contributed by atoms with van der Waals surface area (Å²) in [5.74, 6) is -1.40. The number of hydrogen-bond acceptors (Lipinski definition) is 3. The number of amides is 3. The molecule has 0 aromatic rings. The van der Waals surface area contributed by atoms with E-state index in [1.165, 1.54) is 4.90 Å².